The lowest BCUT2D eigenvalue weighted by atomic mass is 10.00. The fraction of sp³-hybridized carbons (Fsp3) is 0.391. The van der Waals surface area contributed by atoms with Gasteiger partial charge in [0.25, 0.3) is 5.91 Å². The standard InChI is InChI=1S/C19H22FN3O.2C2HF3O2/c1-22(2)17-9-11-23(18(17)12-14-6-5-10-21-13-14)19(24)15-7-3-4-8-16(15)20;2*3-2(4,5)1(6)7/h3-8,10,13,17-18H,9,11-12H2,1-2H3;2*(H,6,7)/t17-,18+;;/m1../s1. The topological polar surface area (TPSA) is 111 Å². The van der Waals surface area contributed by atoms with E-state index in [-0.39, 0.29) is 23.6 Å². The fourth-order valence-electron chi connectivity index (χ4n) is 3.49. The molecule has 2 aromatic rings. The molecule has 2 atom stereocenters. The number of carboxylic acid groups (broad SMARTS) is 2. The molecule has 15 heteroatoms. The number of alkyl halides is 6. The van der Waals surface area contributed by atoms with Crippen LogP contribution in [-0.4, -0.2) is 87.9 Å². The van der Waals surface area contributed by atoms with Crippen LogP contribution >= 0.6 is 0 Å². The molecule has 1 fully saturated rings. The first-order chi connectivity index (χ1) is 17.5. The average Bonchev–Trinajstić information content (AvgIpc) is 3.23. The van der Waals surface area contributed by atoms with Crippen molar-refractivity contribution in [3.05, 3.63) is 65.7 Å². The Hall–Kier alpha value is -3.75. The van der Waals surface area contributed by atoms with Crippen LogP contribution in [0.5, 0.6) is 0 Å². The number of carbonyl (C=O) groups is 3. The summed E-state index contributed by atoms with van der Waals surface area (Å²) in [5, 5.41) is 14.2. The van der Waals surface area contributed by atoms with Crippen LogP contribution in [0.25, 0.3) is 0 Å². The molecule has 210 valence electrons. The van der Waals surface area contributed by atoms with Gasteiger partial charge in [0.1, 0.15) is 5.82 Å². The lowest BCUT2D eigenvalue weighted by molar-refractivity contribution is -0.193. The average molecular weight is 555 g/mol. The molecule has 2 N–H and O–H groups in total. The van der Waals surface area contributed by atoms with Gasteiger partial charge in [-0.15, -0.1) is 0 Å². The Morgan fingerprint density at radius 1 is 0.974 bits per heavy atom. The first-order valence-corrected chi connectivity index (χ1v) is 10.7. The molecule has 0 unspecified atom stereocenters. The highest BCUT2D eigenvalue weighted by atomic mass is 19.4. The number of carboxylic acids is 2. The van der Waals surface area contributed by atoms with Gasteiger partial charge in [-0.05, 0) is 50.7 Å². The number of pyridine rings is 1. The maximum Gasteiger partial charge on any atom is 0.490 e. The lowest BCUT2D eigenvalue weighted by Crippen LogP contribution is -2.46. The molecule has 1 amide bonds. The van der Waals surface area contributed by atoms with E-state index in [0.717, 1.165) is 18.4 Å². The van der Waals surface area contributed by atoms with Crippen molar-refractivity contribution in [1.82, 2.24) is 14.8 Å². The highest BCUT2D eigenvalue weighted by molar-refractivity contribution is 5.95. The van der Waals surface area contributed by atoms with E-state index in [9.17, 15) is 35.5 Å². The largest absolute Gasteiger partial charge is 0.490 e. The van der Waals surface area contributed by atoms with Crippen LogP contribution < -0.4 is 0 Å². The van der Waals surface area contributed by atoms with E-state index in [4.69, 9.17) is 19.8 Å². The van der Waals surface area contributed by atoms with E-state index in [1.165, 1.54) is 6.07 Å². The third-order valence-corrected chi connectivity index (χ3v) is 5.19. The molecular weight excluding hydrogens is 531 g/mol. The molecule has 0 spiro atoms. The Kier molecular flexibility index (Phi) is 11.6. The summed E-state index contributed by atoms with van der Waals surface area (Å²) in [7, 11) is 4.05. The van der Waals surface area contributed by atoms with Gasteiger partial charge in [0.2, 0.25) is 0 Å². The van der Waals surface area contributed by atoms with Gasteiger partial charge in [0.15, 0.2) is 0 Å². The van der Waals surface area contributed by atoms with Crippen LogP contribution in [0.1, 0.15) is 22.3 Å². The Morgan fingerprint density at radius 2 is 1.50 bits per heavy atom. The van der Waals surface area contributed by atoms with Crippen molar-refractivity contribution in [3.8, 4) is 0 Å². The van der Waals surface area contributed by atoms with Crippen LogP contribution in [0.15, 0.2) is 48.8 Å². The van der Waals surface area contributed by atoms with Gasteiger partial charge in [-0.25, -0.2) is 14.0 Å². The van der Waals surface area contributed by atoms with Crippen molar-refractivity contribution < 1.29 is 55.3 Å². The van der Waals surface area contributed by atoms with Crippen molar-refractivity contribution in [1.29, 1.82) is 0 Å². The first-order valence-electron chi connectivity index (χ1n) is 10.7. The predicted molar refractivity (Wildman–Crippen MR) is 119 cm³/mol. The summed E-state index contributed by atoms with van der Waals surface area (Å²) in [6.07, 6.45) is -4.99. The SMILES string of the molecule is CN(C)[C@@H]1CCN(C(=O)c2ccccc2F)[C@H]1Cc1cccnc1.O=C(O)C(F)(F)F.O=C(O)C(F)(F)F. The first kappa shape index (κ1) is 32.3. The Bertz CT molecular complexity index is 1060. The zero-order chi connectivity index (χ0) is 29.3. The number of likely N-dealkylation sites (N-methyl/N-ethyl adjacent to an activating group) is 1. The number of carbonyl (C=O) groups excluding carboxylic acids is 1. The van der Waals surface area contributed by atoms with Gasteiger partial charge in [0, 0.05) is 25.0 Å². The van der Waals surface area contributed by atoms with Crippen molar-refractivity contribution in [2.75, 3.05) is 20.6 Å². The van der Waals surface area contributed by atoms with E-state index in [1.807, 2.05) is 37.3 Å². The van der Waals surface area contributed by atoms with Crippen LogP contribution in [0.2, 0.25) is 0 Å². The number of aromatic nitrogens is 1. The minimum atomic E-state index is -5.08. The summed E-state index contributed by atoms with van der Waals surface area (Å²) < 4.78 is 77.5. The van der Waals surface area contributed by atoms with Crippen LogP contribution in [0.4, 0.5) is 30.7 Å². The van der Waals surface area contributed by atoms with Crippen LogP contribution in [0, 0.1) is 5.82 Å². The number of aliphatic carboxylic acids is 2. The number of amides is 1. The molecule has 2 heterocycles. The second-order valence-electron chi connectivity index (χ2n) is 8.04. The second kappa shape index (κ2) is 13.7. The second-order valence-corrected chi connectivity index (χ2v) is 8.04. The molecule has 1 aliphatic heterocycles. The zero-order valence-corrected chi connectivity index (χ0v) is 20.0. The molecule has 3 rings (SSSR count). The van der Waals surface area contributed by atoms with Gasteiger partial charge >= 0.3 is 24.3 Å². The summed E-state index contributed by atoms with van der Waals surface area (Å²) in [5.41, 5.74) is 1.23. The number of rotatable bonds is 4. The molecular formula is C23H24F7N3O5. The third kappa shape index (κ3) is 9.95. The quantitative estimate of drug-likeness (QED) is 0.551. The number of likely N-dealkylation sites (tertiary alicyclic amines) is 1. The Labute approximate surface area is 212 Å². The summed E-state index contributed by atoms with van der Waals surface area (Å²) in [4.78, 5) is 38.8. The third-order valence-electron chi connectivity index (χ3n) is 5.19. The van der Waals surface area contributed by atoms with Gasteiger partial charge < -0.3 is 20.0 Å². The maximum absolute atomic E-state index is 14.0. The van der Waals surface area contributed by atoms with Gasteiger partial charge in [0.05, 0.1) is 11.6 Å². The van der Waals surface area contributed by atoms with Crippen LogP contribution in [0.3, 0.4) is 0 Å². The molecule has 8 nitrogen and oxygen atoms in total. The van der Waals surface area contributed by atoms with Gasteiger partial charge in [-0.3, -0.25) is 9.78 Å². The summed E-state index contributed by atoms with van der Waals surface area (Å²) in [6, 6.07) is 10.4. The molecule has 0 radical (unpaired) electrons. The van der Waals surface area contributed by atoms with Crippen molar-refractivity contribution in [2.24, 2.45) is 0 Å². The summed E-state index contributed by atoms with van der Waals surface area (Å²) in [6.45, 7) is 0.640. The molecule has 0 bridgehead atoms. The minimum absolute atomic E-state index is 0.0105. The smallest absolute Gasteiger partial charge is 0.475 e. The van der Waals surface area contributed by atoms with E-state index in [1.54, 1.807) is 24.4 Å². The molecule has 1 aromatic carbocycles. The highest BCUT2D eigenvalue weighted by Crippen LogP contribution is 2.27. The van der Waals surface area contributed by atoms with Crippen molar-refractivity contribution in [3.63, 3.8) is 0 Å². The fourth-order valence-corrected chi connectivity index (χ4v) is 3.49. The van der Waals surface area contributed by atoms with Crippen molar-refractivity contribution in [2.45, 2.75) is 37.3 Å². The number of nitrogens with zero attached hydrogens (tertiary/aromatic N) is 3. The van der Waals surface area contributed by atoms with Crippen LogP contribution in [-0.2, 0) is 16.0 Å². The Balaban J connectivity index is 0.000000426. The molecule has 1 aliphatic rings. The number of hydrogen-bond acceptors (Lipinski definition) is 5. The van der Waals surface area contributed by atoms with Crippen molar-refractivity contribution >= 4 is 17.8 Å². The predicted octanol–water partition coefficient (Wildman–Crippen LogP) is 3.87. The molecule has 1 saturated heterocycles. The molecule has 1 aromatic heterocycles. The maximum atomic E-state index is 14.0. The van der Waals surface area contributed by atoms with Gasteiger partial charge in [-0.2, -0.15) is 26.3 Å². The summed E-state index contributed by atoms with van der Waals surface area (Å²) >= 11 is 0. The Morgan fingerprint density at radius 3 is 1.92 bits per heavy atom. The number of hydrogen-bond donors (Lipinski definition) is 2. The summed E-state index contributed by atoms with van der Waals surface area (Å²) in [5.74, 6) is -6.21. The molecule has 0 aliphatic carbocycles. The number of benzene rings is 1. The molecule has 0 saturated carbocycles. The van der Waals surface area contributed by atoms with Gasteiger partial charge in [-0.1, -0.05) is 18.2 Å². The monoisotopic (exact) mass is 555 g/mol. The zero-order valence-electron chi connectivity index (χ0n) is 20.0. The van der Waals surface area contributed by atoms with E-state index in [2.05, 4.69) is 9.88 Å². The molecule has 38 heavy (non-hydrogen) atoms. The van der Waals surface area contributed by atoms with E-state index >= 15 is 0 Å². The van der Waals surface area contributed by atoms with E-state index in [0.29, 0.717) is 6.54 Å². The number of halogens is 7. The normalized spacial score (nSPS) is 17.2. The minimum Gasteiger partial charge on any atom is -0.475 e. The lowest BCUT2D eigenvalue weighted by Gasteiger charge is -2.31. The highest BCUT2D eigenvalue weighted by Gasteiger charge is 2.40. The van der Waals surface area contributed by atoms with E-state index < -0.39 is 30.1 Å².